The van der Waals surface area contributed by atoms with Crippen molar-refractivity contribution in [1.82, 2.24) is 19.9 Å². The van der Waals surface area contributed by atoms with Crippen molar-refractivity contribution in [2.24, 2.45) is 22.0 Å². The van der Waals surface area contributed by atoms with Gasteiger partial charge in [0.15, 0.2) is 0 Å². The van der Waals surface area contributed by atoms with Gasteiger partial charge in [-0.15, -0.1) is 0 Å². The van der Waals surface area contributed by atoms with E-state index in [-0.39, 0.29) is 0 Å². The van der Waals surface area contributed by atoms with E-state index in [2.05, 4.69) is 30.1 Å². The first-order chi connectivity index (χ1) is 9.43. The molecule has 6 heteroatoms. The van der Waals surface area contributed by atoms with Gasteiger partial charge in [0.2, 0.25) is 0 Å². The van der Waals surface area contributed by atoms with E-state index in [1.54, 1.807) is 37.2 Å². The van der Waals surface area contributed by atoms with Crippen LogP contribution in [0, 0.1) is 11.8 Å². The summed E-state index contributed by atoms with van der Waals surface area (Å²) in [6.07, 6.45) is 11.2. The highest BCUT2D eigenvalue weighted by molar-refractivity contribution is 6.13. The molecule has 6 nitrogen and oxygen atoms in total. The summed E-state index contributed by atoms with van der Waals surface area (Å²) >= 11 is 0. The van der Waals surface area contributed by atoms with E-state index in [1.165, 1.54) is 0 Å². The van der Waals surface area contributed by atoms with Crippen LogP contribution in [0.2, 0.25) is 0 Å². The second-order valence-corrected chi connectivity index (χ2v) is 4.60. The SMILES string of the molecule is c1cnc(C2=NN=C(c3cnccn3)[C@@H]3C[C@H]23)cn1. The molecule has 0 N–H and O–H groups in total. The average Bonchev–Trinajstić information content (AvgIpc) is 3.28. The van der Waals surface area contributed by atoms with Crippen molar-refractivity contribution in [3.63, 3.8) is 0 Å². The van der Waals surface area contributed by atoms with Crippen LogP contribution in [0.5, 0.6) is 0 Å². The Morgan fingerprint density at radius 2 is 1.26 bits per heavy atom. The van der Waals surface area contributed by atoms with Crippen molar-refractivity contribution >= 4 is 11.4 Å². The summed E-state index contributed by atoms with van der Waals surface area (Å²) in [6.45, 7) is 0. The molecule has 0 aromatic carbocycles. The Morgan fingerprint density at radius 3 is 1.68 bits per heavy atom. The molecule has 1 aliphatic carbocycles. The summed E-state index contributed by atoms with van der Waals surface area (Å²) in [5.74, 6) is 0.789. The second-order valence-electron chi connectivity index (χ2n) is 4.60. The molecule has 2 aliphatic rings. The van der Waals surface area contributed by atoms with Gasteiger partial charge in [0.05, 0.1) is 23.8 Å². The lowest BCUT2D eigenvalue weighted by Crippen LogP contribution is -2.17. The Balaban J connectivity index is 1.73. The highest BCUT2D eigenvalue weighted by Crippen LogP contribution is 2.45. The van der Waals surface area contributed by atoms with Crippen molar-refractivity contribution in [2.75, 3.05) is 0 Å². The Kier molecular flexibility index (Phi) is 2.20. The minimum atomic E-state index is 0.395. The Labute approximate surface area is 109 Å². The molecule has 4 rings (SSSR count). The van der Waals surface area contributed by atoms with Crippen LogP contribution in [0.25, 0.3) is 0 Å². The van der Waals surface area contributed by atoms with E-state index in [0.717, 1.165) is 29.2 Å². The highest BCUT2D eigenvalue weighted by Gasteiger charge is 2.48. The molecule has 0 radical (unpaired) electrons. The number of hydrogen-bond acceptors (Lipinski definition) is 6. The average molecular weight is 250 g/mol. The van der Waals surface area contributed by atoms with E-state index >= 15 is 0 Å². The van der Waals surface area contributed by atoms with Crippen LogP contribution in [-0.4, -0.2) is 31.4 Å². The summed E-state index contributed by atoms with van der Waals surface area (Å²) in [5, 5.41) is 8.63. The topological polar surface area (TPSA) is 76.3 Å². The molecule has 19 heavy (non-hydrogen) atoms. The van der Waals surface area contributed by atoms with Crippen LogP contribution >= 0.6 is 0 Å². The molecule has 92 valence electrons. The summed E-state index contributed by atoms with van der Waals surface area (Å²) in [6, 6.07) is 0. The zero-order valence-electron chi connectivity index (χ0n) is 10.0. The van der Waals surface area contributed by atoms with Gasteiger partial charge in [-0.3, -0.25) is 19.9 Å². The maximum absolute atomic E-state index is 4.31. The zero-order valence-corrected chi connectivity index (χ0v) is 10.0. The molecular formula is C13H10N6. The fourth-order valence-electron chi connectivity index (χ4n) is 2.40. The summed E-state index contributed by atoms with van der Waals surface area (Å²) in [4.78, 5) is 16.7. The van der Waals surface area contributed by atoms with Crippen molar-refractivity contribution in [2.45, 2.75) is 6.42 Å². The van der Waals surface area contributed by atoms with Crippen LogP contribution in [0.1, 0.15) is 17.8 Å². The van der Waals surface area contributed by atoms with Gasteiger partial charge in [-0.05, 0) is 6.42 Å². The molecule has 2 aromatic rings. The van der Waals surface area contributed by atoms with Crippen molar-refractivity contribution in [3.8, 4) is 0 Å². The molecule has 0 bridgehead atoms. The second kappa shape index (κ2) is 4.01. The zero-order chi connectivity index (χ0) is 12.7. The molecule has 0 amide bonds. The quantitative estimate of drug-likeness (QED) is 0.800. The number of hydrogen-bond donors (Lipinski definition) is 0. The van der Waals surface area contributed by atoms with Gasteiger partial charge in [0, 0.05) is 36.6 Å². The molecule has 1 saturated carbocycles. The summed E-state index contributed by atoms with van der Waals surface area (Å²) in [7, 11) is 0. The first-order valence-corrected chi connectivity index (χ1v) is 6.11. The first kappa shape index (κ1) is 10.4. The van der Waals surface area contributed by atoms with E-state index < -0.39 is 0 Å². The van der Waals surface area contributed by atoms with Gasteiger partial charge in [-0.2, -0.15) is 10.2 Å². The molecule has 0 unspecified atom stereocenters. The molecule has 2 aromatic heterocycles. The predicted molar refractivity (Wildman–Crippen MR) is 68.7 cm³/mol. The lowest BCUT2D eigenvalue weighted by molar-refractivity contribution is 0.973. The standard InChI is InChI=1S/C13H10N6/c1-3-16-10(6-14-1)12-8-5-9(8)13(19-18-12)11-7-15-2-4-17-11/h1-4,6-9H,5H2/t8-,9+. The van der Waals surface area contributed by atoms with E-state index in [1.807, 2.05) is 0 Å². The van der Waals surface area contributed by atoms with Crippen LogP contribution in [-0.2, 0) is 0 Å². The van der Waals surface area contributed by atoms with E-state index in [0.29, 0.717) is 11.8 Å². The summed E-state index contributed by atoms with van der Waals surface area (Å²) < 4.78 is 0. The van der Waals surface area contributed by atoms with Crippen molar-refractivity contribution in [1.29, 1.82) is 0 Å². The number of fused-ring (bicyclic) bond motifs is 1. The van der Waals surface area contributed by atoms with Crippen molar-refractivity contribution in [3.05, 3.63) is 48.6 Å². The monoisotopic (exact) mass is 250 g/mol. The van der Waals surface area contributed by atoms with Crippen molar-refractivity contribution < 1.29 is 0 Å². The van der Waals surface area contributed by atoms with E-state index in [4.69, 9.17) is 0 Å². The van der Waals surface area contributed by atoms with Gasteiger partial charge in [-0.25, -0.2) is 0 Å². The molecular weight excluding hydrogens is 240 g/mol. The third-order valence-corrected chi connectivity index (χ3v) is 3.41. The van der Waals surface area contributed by atoms with Crippen LogP contribution in [0.4, 0.5) is 0 Å². The van der Waals surface area contributed by atoms with Gasteiger partial charge in [0.1, 0.15) is 11.4 Å². The van der Waals surface area contributed by atoms with Crippen LogP contribution in [0.15, 0.2) is 47.4 Å². The van der Waals surface area contributed by atoms with Gasteiger partial charge in [0.25, 0.3) is 0 Å². The molecule has 1 fully saturated rings. The minimum absolute atomic E-state index is 0.395. The third kappa shape index (κ3) is 1.72. The normalized spacial score (nSPS) is 24.2. The fraction of sp³-hybridized carbons (Fsp3) is 0.231. The Bertz CT molecular complexity index is 605. The van der Waals surface area contributed by atoms with E-state index in [9.17, 15) is 0 Å². The predicted octanol–water partition coefficient (Wildman–Crippen LogP) is 1.11. The van der Waals surface area contributed by atoms with Gasteiger partial charge in [-0.1, -0.05) is 0 Å². The lowest BCUT2D eigenvalue weighted by Gasteiger charge is -2.10. The third-order valence-electron chi connectivity index (χ3n) is 3.41. The van der Waals surface area contributed by atoms with Crippen LogP contribution in [0.3, 0.4) is 0 Å². The van der Waals surface area contributed by atoms with Gasteiger partial charge < -0.3 is 0 Å². The number of nitrogens with zero attached hydrogens (tertiary/aromatic N) is 6. The molecule has 3 heterocycles. The maximum atomic E-state index is 4.31. The molecule has 2 atom stereocenters. The highest BCUT2D eigenvalue weighted by atomic mass is 15.2. The summed E-state index contributed by atoms with van der Waals surface area (Å²) in [5.41, 5.74) is 3.50. The Morgan fingerprint density at radius 1 is 0.737 bits per heavy atom. The number of aromatic nitrogens is 4. The lowest BCUT2D eigenvalue weighted by atomic mass is 10.1. The fourth-order valence-corrected chi connectivity index (χ4v) is 2.40. The van der Waals surface area contributed by atoms with Crippen LogP contribution < -0.4 is 0 Å². The molecule has 1 aliphatic heterocycles. The molecule has 0 saturated heterocycles. The maximum Gasteiger partial charge on any atom is 0.105 e. The minimum Gasteiger partial charge on any atom is -0.261 e. The number of rotatable bonds is 2. The Hall–Kier alpha value is -2.50. The first-order valence-electron chi connectivity index (χ1n) is 6.11. The van der Waals surface area contributed by atoms with Gasteiger partial charge >= 0.3 is 0 Å². The molecule has 0 spiro atoms. The largest absolute Gasteiger partial charge is 0.261 e. The smallest absolute Gasteiger partial charge is 0.105 e.